The molecule has 23 heavy (non-hydrogen) atoms. The predicted molar refractivity (Wildman–Crippen MR) is 94.5 cm³/mol. The Labute approximate surface area is 139 Å². The van der Waals surface area contributed by atoms with Gasteiger partial charge in [-0.1, -0.05) is 38.8 Å². The molecule has 1 aliphatic rings. The van der Waals surface area contributed by atoms with Gasteiger partial charge in [-0.3, -0.25) is 4.79 Å². The lowest BCUT2D eigenvalue weighted by Gasteiger charge is -2.28. The molecular formula is C19H30N2O2. The van der Waals surface area contributed by atoms with Gasteiger partial charge in [0.05, 0.1) is 19.1 Å². The van der Waals surface area contributed by atoms with Crippen molar-refractivity contribution in [1.29, 1.82) is 0 Å². The number of aliphatic hydroxyl groups excluding tert-OH is 1. The molecule has 1 aromatic rings. The summed E-state index contributed by atoms with van der Waals surface area (Å²) in [4.78, 5) is 11.9. The Kier molecular flexibility index (Phi) is 6.90. The summed E-state index contributed by atoms with van der Waals surface area (Å²) in [5.74, 6) is 0.773. The summed E-state index contributed by atoms with van der Waals surface area (Å²) in [6, 6.07) is 8.57. The van der Waals surface area contributed by atoms with Gasteiger partial charge in [-0.25, -0.2) is 0 Å². The lowest BCUT2D eigenvalue weighted by atomic mass is 9.87. The van der Waals surface area contributed by atoms with Crippen LogP contribution < -0.4 is 10.6 Å². The minimum absolute atomic E-state index is 0.00902. The summed E-state index contributed by atoms with van der Waals surface area (Å²) in [7, 11) is 0. The second-order valence-corrected chi connectivity index (χ2v) is 6.84. The van der Waals surface area contributed by atoms with Gasteiger partial charge in [0.15, 0.2) is 0 Å². The standard InChI is InChI=1S/C19H30N2O2/c1-3-16(13-22)21-19(23)12-15-7-9-17(10-8-15)20-18-6-4-5-14(2)11-18/h7-10,14,16,18,20,22H,3-6,11-13H2,1-2H3,(H,21,23). The van der Waals surface area contributed by atoms with Crippen molar-refractivity contribution in [1.82, 2.24) is 5.32 Å². The number of amides is 1. The van der Waals surface area contributed by atoms with Crippen molar-refractivity contribution in [2.45, 2.75) is 64.5 Å². The van der Waals surface area contributed by atoms with E-state index in [2.05, 4.69) is 29.7 Å². The first-order chi connectivity index (χ1) is 11.1. The number of anilines is 1. The maximum atomic E-state index is 11.9. The molecule has 0 saturated heterocycles. The van der Waals surface area contributed by atoms with Crippen LogP contribution in [0.15, 0.2) is 24.3 Å². The number of hydrogen-bond donors (Lipinski definition) is 3. The predicted octanol–water partition coefficient (Wildman–Crippen LogP) is 3.11. The second-order valence-electron chi connectivity index (χ2n) is 6.84. The average molecular weight is 318 g/mol. The zero-order valence-corrected chi connectivity index (χ0v) is 14.3. The Morgan fingerprint density at radius 2 is 2.04 bits per heavy atom. The Morgan fingerprint density at radius 3 is 2.65 bits per heavy atom. The summed E-state index contributed by atoms with van der Waals surface area (Å²) in [6.07, 6.45) is 6.24. The van der Waals surface area contributed by atoms with Crippen LogP contribution in [-0.4, -0.2) is 29.7 Å². The number of aliphatic hydroxyl groups is 1. The third-order valence-corrected chi connectivity index (χ3v) is 4.70. The van der Waals surface area contributed by atoms with E-state index in [0.717, 1.165) is 23.6 Å². The van der Waals surface area contributed by atoms with Crippen LogP contribution >= 0.6 is 0 Å². The molecular weight excluding hydrogens is 288 g/mol. The normalized spacial score (nSPS) is 22.4. The molecule has 1 aliphatic carbocycles. The van der Waals surface area contributed by atoms with E-state index in [1.54, 1.807) is 0 Å². The van der Waals surface area contributed by atoms with Crippen molar-refractivity contribution < 1.29 is 9.90 Å². The van der Waals surface area contributed by atoms with E-state index in [4.69, 9.17) is 5.11 Å². The topological polar surface area (TPSA) is 61.4 Å². The van der Waals surface area contributed by atoms with Crippen molar-refractivity contribution >= 4 is 11.6 Å². The maximum absolute atomic E-state index is 11.9. The number of carbonyl (C=O) groups excluding carboxylic acids is 1. The molecule has 0 spiro atoms. The number of carbonyl (C=O) groups is 1. The Bertz CT molecular complexity index is 483. The van der Waals surface area contributed by atoms with Gasteiger partial charge in [0.1, 0.15) is 0 Å². The number of hydrogen-bond acceptors (Lipinski definition) is 3. The smallest absolute Gasteiger partial charge is 0.224 e. The molecule has 3 atom stereocenters. The van der Waals surface area contributed by atoms with Gasteiger partial charge in [-0.15, -0.1) is 0 Å². The molecule has 3 unspecified atom stereocenters. The first-order valence-electron chi connectivity index (χ1n) is 8.86. The van der Waals surface area contributed by atoms with Crippen molar-refractivity contribution in [3.8, 4) is 0 Å². The Balaban J connectivity index is 1.83. The first kappa shape index (κ1) is 17.8. The molecule has 0 bridgehead atoms. The highest BCUT2D eigenvalue weighted by molar-refractivity contribution is 5.79. The summed E-state index contributed by atoms with van der Waals surface area (Å²) in [5.41, 5.74) is 2.13. The fraction of sp³-hybridized carbons (Fsp3) is 0.632. The molecule has 0 aromatic heterocycles. The molecule has 0 heterocycles. The van der Waals surface area contributed by atoms with E-state index < -0.39 is 0 Å². The highest BCUT2D eigenvalue weighted by Crippen LogP contribution is 2.26. The van der Waals surface area contributed by atoms with Crippen LogP contribution in [0.4, 0.5) is 5.69 Å². The Morgan fingerprint density at radius 1 is 1.30 bits per heavy atom. The van der Waals surface area contributed by atoms with Gasteiger partial charge in [0, 0.05) is 11.7 Å². The molecule has 1 fully saturated rings. The van der Waals surface area contributed by atoms with Crippen LogP contribution in [0.5, 0.6) is 0 Å². The maximum Gasteiger partial charge on any atom is 0.224 e. The molecule has 3 N–H and O–H groups in total. The number of nitrogens with one attached hydrogen (secondary N) is 2. The monoisotopic (exact) mass is 318 g/mol. The van der Waals surface area contributed by atoms with E-state index in [9.17, 15) is 4.79 Å². The highest BCUT2D eigenvalue weighted by atomic mass is 16.3. The molecule has 4 heteroatoms. The minimum atomic E-state index is -0.142. The van der Waals surface area contributed by atoms with Crippen LogP contribution in [-0.2, 0) is 11.2 Å². The van der Waals surface area contributed by atoms with Crippen LogP contribution in [0, 0.1) is 5.92 Å². The number of benzene rings is 1. The summed E-state index contributed by atoms with van der Waals surface area (Å²) in [5, 5.41) is 15.6. The first-order valence-corrected chi connectivity index (χ1v) is 8.86. The van der Waals surface area contributed by atoms with Crippen LogP contribution in [0.1, 0.15) is 51.5 Å². The van der Waals surface area contributed by atoms with E-state index in [-0.39, 0.29) is 18.6 Å². The van der Waals surface area contributed by atoms with Gasteiger partial charge < -0.3 is 15.7 Å². The van der Waals surface area contributed by atoms with Crippen molar-refractivity contribution in [2.24, 2.45) is 5.92 Å². The van der Waals surface area contributed by atoms with E-state index >= 15 is 0 Å². The average Bonchev–Trinajstić information content (AvgIpc) is 2.54. The Hall–Kier alpha value is -1.55. The molecule has 1 saturated carbocycles. The van der Waals surface area contributed by atoms with E-state index in [1.807, 2.05) is 19.1 Å². The lowest BCUT2D eigenvalue weighted by molar-refractivity contribution is -0.121. The fourth-order valence-electron chi connectivity index (χ4n) is 3.26. The molecule has 0 aliphatic heterocycles. The highest BCUT2D eigenvalue weighted by Gasteiger charge is 2.18. The van der Waals surface area contributed by atoms with Crippen LogP contribution in [0.3, 0.4) is 0 Å². The second kappa shape index (κ2) is 8.92. The fourth-order valence-corrected chi connectivity index (χ4v) is 3.26. The van der Waals surface area contributed by atoms with E-state index in [1.165, 1.54) is 25.7 Å². The zero-order valence-electron chi connectivity index (χ0n) is 14.3. The summed E-state index contributed by atoms with van der Waals surface area (Å²) >= 11 is 0. The van der Waals surface area contributed by atoms with Crippen LogP contribution in [0.2, 0.25) is 0 Å². The molecule has 1 amide bonds. The summed E-state index contributed by atoms with van der Waals surface area (Å²) in [6.45, 7) is 4.27. The van der Waals surface area contributed by atoms with Gasteiger partial charge in [-0.05, 0) is 42.9 Å². The van der Waals surface area contributed by atoms with Crippen molar-refractivity contribution in [2.75, 3.05) is 11.9 Å². The molecule has 0 radical (unpaired) electrons. The third kappa shape index (κ3) is 5.87. The molecule has 2 rings (SSSR count). The quantitative estimate of drug-likeness (QED) is 0.724. The number of rotatable bonds is 7. The molecule has 128 valence electrons. The van der Waals surface area contributed by atoms with E-state index in [0.29, 0.717) is 12.5 Å². The van der Waals surface area contributed by atoms with Gasteiger partial charge in [-0.2, -0.15) is 0 Å². The largest absolute Gasteiger partial charge is 0.394 e. The van der Waals surface area contributed by atoms with Gasteiger partial charge in [0.25, 0.3) is 0 Å². The van der Waals surface area contributed by atoms with Crippen LogP contribution in [0.25, 0.3) is 0 Å². The SMILES string of the molecule is CCC(CO)NC(=O)Cc1ccc(NC2CCCC(C)C2)cc1. The lowest BCUT2D eigenvalue weighted by Crippen LogP contribution is -2.37. The molecule has 1 aromatic carbocycles. The summed E-state index contributed by atoms with van der Waals surface area (Å²) < 4.78 is 0. The molecule has 4 nitrogen and oxygen atoms in total. The minimum Gasteiger partial charge on any atom is -0.394 e. The zero-order chi connectivity index (χ0) is 16.7. The van der Waals surface area contributed by atoms with Crippen molar-refractivity contribution in [3.63, 3.8) is 0 Å². The van der Waals surface area contributed by atoms with Gasteiger partial charge in [0.2, 0.25) is 5.91 Å². The van der Waals surface area contributed by atoms with Crippen molar-refractivity contribution in [3.05, 3.63) is 29.8 Å². The van der Waals surface area contributed by atoms with Gasteiger partial charge >= 0.3 is 0 Å². The third-order valence-electron chi connectivity index (χ3n) is 4.70.